The number of allylic oxidation sites excluding steroid dienone is 8. The van der Waals surface area contributed by atoms with Gasteiger partial charge in [0.15, 0.2) is 0 Å². The summed E-state index contributed by atoms with van der Waals surface area (Å²) in [6, 6.07) is 73.7. The monoisotopic (exact) mass is 895 g/mol. The van der Waals surface area contributed by atoms with E-state index in [0.717, 1.165) is 47.3 Å². The molecule has 332 valence electrons. The van der Waals surface area contributed by atoms with Crippen LogP contribution in [0.1, 0.15) is 52.7 Å². The number of anilines is 2. The van der Waals surface area contributed by atoms with Gasteiger partial charge in [0, 0.05) is 45.3 Å². The molecule has 1 aromatic heterocycles. The summed E-state index contributed by atoms with van der Waals surface area (Å²) < 4.78 is 7.34. The Labute approximate surface area is 409 Å². The molecule has 4 aliphatic rings. The Morgan fingerprint density at radius 3 is 1.96 bits per heavy atom. The van der Waals surface area contributed by atoms with E-state index in [0.29, 0.717) is 0 Å². The normalized spacial score (nSPS) is 18.1. The van der Waals surface area contributed by atoms with Gasteiger partial charge in [-0.15, -0.1) is 0 Å². The molecule has 0 radical (unpaired) electrons. The van der Waals surface area contributed by atoms with Crippen LogP contribution in [0.2, 0.25) is 0 Å². The standard InChI is InChI=1S/C68H49NO/c1-6-20-44(21-7-1)50-38-58(46-24-10-3-11-25-46)67-61(40-50)62-41-51(45-22-8-2-9-23-45)39-59(68(62)70-67)49-34-36-54-53-30-18-19-33-63(53)69(64(54)42-49)52-35-37-57-60(43-52)66(48-28-14-5-15-29-48)56-32-17-16-31-55(56)65(57)47-26-12-4-13-27-47/h1-14,16-28,30-40,42-43,51,54,64H,15,29,41H2. The van der Waals surface area contributed by atoms with E-state index in [9.17, 15) is 0 Å². The Bertz CT molecular complexity index is 3850. The molecule has 3 aliphatic carbocycles. The molecule has 2 heteroatoms. The molecule has 0 saturated heterocycles. The van der Waals surface area contributed by atoms with Crippen LogP contribution in [-0.2, 0) is 6.42 Å². The van der Waals surface area contributed by atoms with E-state index in [1.807, 2.05) is 0 Å². The van der Waals surface area contributed by atoms with Gasteiger partial charge in [-0.25, -0.2) is 0 Å². The second kappa shape index (κ2) is 16.6. The number of nitrogens with zero attached hydrogens (tertiary/aromatic N) is 1. The van der Waals surface area contributed by atoms with Gasteiger partial charge in [-0.1, -0.05) is 212 Å². The highest BCUT2D eigenvalue weighted by molar-refractivity contribution is 6.19. The second-order valence-corrected chi connectivity index (χ2v) is 19.3. The van der Waals surface area contributed by atoms with Crippen molar-refractivity contribution in [1.29, 1.82) is 0 Å². The lowest BCUT2D eigenvalue weighted by atomic mass is 9.79. The van der Waals surface area contributed by atoms with Crippen LogP contribution in [0.3, 0.4) is 0 Å². The van der Waals surface area contributed by atoms with Gasteiger partial charge in [-0.3, -0.25) is 0 Å². The van der Waals surface area contributed by atoms with Gasteiger partial charge >= 0.3 is 0 Å². The molecule has 0 fully saturated rings. The van der Waals surface area contributed by atoms with Gasteiger partial charge in [0.25, 0.3) is 0 Å². The van der Waals surface area contributed by atoms with Gasteiger partial charge in [0.2, 0.25) is 0 Å². The molecule has 0 bridgehead atoms. The van der Waals surface area contributed by atoms with Crippen LogP contribution in [-0.4, -0.2) is 6.04 Å². The lowest BCUT2D eigenvalue weighted by Gasteiger charge is -2.32. The Morgan fingerprint density at radius 1 is 0.529 bits per heavy atom. The van der Waals surface area contributed by atoms with Gasteiger partial charge in [0.1, 0.15) is 11.3 Å². The largest absolute Gasteiger partial charge is 0.455 e. The molecule has 2 heterocycles. The summed E-state index contributed by atoms with van der Waals surface area (Å²) in [6.07, 6.45) is 19.7. The van der Waals surface area contributed by atoms with Crippen molar-refractivity contribution in [3.8, 4) is 33.4 Å². The summed E-state index contributed by atoms with van der Waals surface area (Å²) in [5.74, 6) is 1.33. The van der Waals surface area contributed by atoms with Gasteiger partial charge < -0.3 is 9.32 Å². The molecule has 70 heavy (non-hydrogen) atoms. The van der Waals surface area contributed by atoms with E-state index >= 15 is 0 Å². The number of benzene rings is 9. The van der Waals surface area contributed by atoms with Crippen LogP contribution in [0, 0.1) is 0 Å². The fourth-order valence-corrected chi connectivity index (χ4v) is 12.2. The van der Waals surface area contributed by atoms with E-state index in [1.54, 1.807) is 0 Å². The third-order valence-electron chi connectivity index (χ3n) is 15.4. The minimum atomic E-state index is 0.0413. The molecule has 0 amide bonds. The fourth-order valence-electron chi connectivity index (χ4n) is 12.2. The number of rotatable bonds is 7. The summed E-state index contributed by atoms with van der Waals surface area (Å²) in [4.78, 5) is 2.62. The van der Waals surface area contributed by atoms with Crippen molar-refractivity contribution in [3.63, 3.8) is 0 Å². The fraction of sp³-hybridized carbons (Fsp3) is 0.0882. The zero-order valence-electron chi connectivity index (χ0n) is 38.8. The highest BCUT2D eigenvalue weighted by atomic mass is 16.3. The molecule has 0 spiro atoms. The minimum Gasteiger partial charge on any atom is -0.455 e. The molecule has 0 N–H and O–H groups in total. The van der Waals surface area contributed by atoms with Gasteiger partial charge in [-0.05, 0) is 127 Å². The zero-order valence-corrected chi connectivity index (χ0v) is 38.8. The minimum absolute atomic E-state index is 0.0413. The average Bonchev–Trinajstić information content (AvgIpc) is 3.98. The first kappa shape index (κ1) is 40.6. The van der Waals surface area contributed by atoms with Crippen molar-refractivity contribution < 1.29 is 4.42 Å². The molecule has 9 aromatic carbocycles. The van der Waals surface area contributed by atoms with E-state index < -0.39 is 0 Å². The number of hydrogen-bond donors (Lipinski definition) is 0. The van der Waals surface area contributed by atoms with Gasteiger partial charge in [0.05, 0.1) is 6.04 Å². The molecule has 0 saturated carbocycles. The first-order valence-electron chi connectivity index (χ1n) is 24.9. The first-order valence-corrected chi connectivity index (χ1v) is 24.9. The zero-order chi connectivity index (χ0) is 46.1. The predicted molar refractivity (Wildman–Crippen MR) is 294 cm³/mol. The van der Waals surface area contributed by atoms with E-state index in [-0.39, 0.29) is 17.9 Å². The maximum Gasteiger partial charge on any atom is 0.142 e. The molecular weight excluding hydrogens is 847 g/mol. The molecule has 1 aliphatic heterocycles. The quantitative estimate of drug-likeness (QED) is 0.148. The summed E-state index contributed by atoms with van der Waals surface area (Å²) in [5, 5.41) is 6.37. The van der Waals surface area contributed by atoms with Crippen molar-refractivity contribution in [2.24, 2.45) is 0 Å². The molecule has 14 rings (SSSR count). The van der Waals surface area contributed by atoms with Crippen LogP contribution in [0.5, 0.6) is 0 Å². The average molecular weight is 896 g/mol. The van der Waals surface area contributed by atoms with Crippen LogP contribution in [0.25, 0.3) is 77.0 Å². The maximum absolute atomic E-state index is 7.34. The van der Waals surface area contributed by atoms with Crippen LogP contribution < -0.4 is 4.90 Å². The van der Waals surface area contributed by atoms with Crippen LogP contribution in [0.4, 0.5) is 11.4 Å². The molecular formula is C68H49NO. The second-order valence-electron chi connectivity index (χ2n) is 19.3. The van der Waals surface area contributed by atoms with E-state index in [2.05, 4.69) is 248 Å². The number of furan rings is 1. The lowest BCUT2D eigenvalue weighted by molar-refractivity contribution is 0.587. The van der Waals surface area contributed by atoms with Crippen molar-refractivity contribution in [2.45, 2.75) is 37.1 Å². The number of hydrogen-bond acceptors (Lipinski definition) is 2. The smallest absolute Gasteiger partial charge is 0.142 e. The number of fused-ring (bicyclic) bond motifs is 8. The Kier molecular flexibility index (Phi) is 9.65. The Hall–Kier alpha value is -8.46. The summed E-state index contributed by atoms with van der Waals surface area (Å²) in [6.45, 7) is 0. The van der Waals surface area contributed by atoms with Crippen molar-refractivity contribution in [1.82, 2.24) is 0 Å². The van der Waals surface area contributed by atoms with E-state index in [4.69, 9.17) is 4.42 Å². The highest BCUT2D eigenvalue weighted by Crippen LogP contribution is 2.53. The first-order chi connectivity index (χ1) is 34.7. The third-order valence-corrected chi connectivity index (χ3v) is 15.4. The molecule has 2 nitrogen and oxygen atoms in total. The summed E-state index contributed by atoms with van der Waals surface area (Å²) in [7, 11) is 0. The lowest BCUT2D eigenvalue weighted by Crippen LogP contribution is -2.29. The molecule has 3 atom stereocenters. The molecule has 10 aromatic rings. The van der Waals surface area contributed by atoms with Crippen molar-refractivity contribution >= 4 is 55.0 Å². The predicted octanol–water partition coefficient (Wildman–Crippen LogP) is 18.0. The van der Waals surface area contributed by atoms with Crippen LogP contribution in [0.15, 0.2) is 253 Å². The summed E-state index contributed by atoms with van der Waals surface area (Å²) in [5.41, 5.74) is 19.6. The van der Waals surface area contributed by atoms with Crippen LogP contribution >= 0.6 is 0 Å². The van der Waals surface area contributed by atoms with Crippen molar-refractivity contribution in [2.75, 3.05) is 4.90 Å². The summed E-state index contributed by atoms with van der Waals surface area (Å²) >= 11 is 0. The Morgan fingerprint density at radius 2 is 1.20 bits per heavy atom. The number of para-hydroxylation sites is 1. The third kappa shape index (κ3) is 6.62. The highest BCUT2D eigenvalue weighted by Gasteiger charge is 2.40. The topological polar surface area (TPSA) is 16.4 Å². The SMILES string of the molecule is C1=CCCC(c2c3ccccc3c(-c3ccccc3)c3ccc(N4c5ccccc5C5C=CC(C6=CC(c7ccccc7)Cc7c6oc6c(-c8ccccc8)cc(-c8ccccc8)cc76)=CC54)cc23)=C1. The van der Waals surface area contributed by atoms with Crippen molar-refractivity contribution in [3.05, 3.63) is 276 Å². The Balaban J connectivity index is 0.968. The maximum atomic E-state index is 7.34. The van der Waals surface area contributed by atoms with Gasteiger partial charge in [-0.2, -0.15) is 0 Å². The van der Waals surface area contributed by atoms with E-state index in [1.165, 1.54) is 94.0 Å². The molecule has 3 unspecified atom stereocenters.